The first-order valence-electron chi connectivity index (χ1n) is 6.87. The maximum atomic E-state index is 5.74. The molecule has 2 heterocycles. The van der Waals surface area contributed by atoms with E-state index < -0.39 is 0 Å². The highest BCUT2D eigenvalue weighted by molar-refractivity contribution is 7.80. The average Bonchev–Trinajstić information content (AvgIpc) is 3.11. The number of hydrogen-bond acceptors (Lipinski definition) is 7. The standard InChI is InChI=1S/C16H15N3O3S/c1-20-11-7-10(8-12(9-11)21-2)15-18-19-16(22-15)14(23)13-5-3-4-6-17-13/h3-9,14,23H,1-2H3. The predicted molar refractivity (Wildman–Crippen MR) is 87.9 cm³/mol. The minimum absolute atomic E-state index is 0.368. The molecular formula is C16H15N3O3S. The van der Waals surface area contributed by atoms with Crippen molar-refractivity contribution in [1.29, 1.82) is 0 Å². The molecule has 0 aliphatic rings. The third-order valence-electron chi connectivity index (χ3n) is 3.24. The fourth-order valence-electron chi connectivity index (χ4n) is 2.06. The summed E-state index contributed by atoms with van der Waals surface area (Å²) in [5, 5.41) is 7.76. The molecule has 1 atom stereocenters. The lowest BCUT2D eigenvalue weighted by Crippen LogP contribution is -1.96. The van der Waals surface area contributed by atoms with Gasteiger partial charge in [0.25, 0.3) is 0 Å². The molecule has 118 valence electrons. The fraction of sp³-hybridized carbons (Fsp3) is 0.188. The smallest absolute Gasteiger partial charge is 0.248 e. The Kier molecular flexibility index (Phi) is 4.47. The predicted octanol–water partition coefficient (Wildman–Crippen LogP) is 3.17. The molecule has 0 aliphatic carbocycles. The molecule has 2 aromatic heterocycles. The molecule has 6 nitrogen and oxygen atoms in total. The molecular weight excluding hydrogens is 314 g/mol. The normalized spacial score (nSPS) is 12.0. The third kappa shape index (κ3) is 3.29. The molecule has 0 aliphatic heterocycles. The van der Waals surface area contributed by atoms with Gasteiger partial charge < -0.3 is 13.9 Å². The number of methoxy groups -OCH3 is 2. The van der Waals surface area contributed by atoms with E-state index in [1.807, 2.05) is 18.2 Å². The van der Waals surface area contributed by atoms with Gasteiger partial charge in [0, 0.05) is 17.8 Å². The summed E-state index contributed by atoms with van der Waals surface area (Å²) in [6, 6.07) is 11.0. The molecule has 3 aromatic rings. The van der Waals surface area contributed by atoms with Crippen LogP contribution in [0.4, 0.5) is 0 Å². The molecule has 1 aromatic carbocycles. The van der Waals surface area contributed by atoms with Crippen LogP contribution >= 0.6 is 12.6 Å². The Morgan fingerprint density at radius 1 is 1.04 bits per heavy atom. The van der Waals surface area contributed by atoms with Crippen LogP contribution in [0.3, 0.4) is 0 Å². The number of benzene rings is 1. The molecule has 7 heteroatoms. The van der Waals surface area contributed by atoms with Gasteiger partial charge in [0.05, 0.1) is 19.9 Å². The average molecular weight is 329 g/mol. The molecule has 0 N–H and O–H groups in total. The summed E-state index contributed by atoms with van der Waals surface area (Å²) in [6.45, 7) is 0. The minimum atomic E-state index is -0.384. The topological polar surface area (TPSA) is 70.3 Å². The van der Waals surface area contributed by atoms with E-state index in [-0.39, 0.29) is 5.25 Å². The number of ether oxygens (including phenoxy) is 2. The monoisotopic (exact) mass is 329 g/mol. The Labute approximate surface area is 138 Å². The van der Waals surface area contributed by atoms with Crippen molar-refractivity contribution in [2.24, 2.45) is 0 Å². The number of hydrogen-bond donors (Lipinski definition) is 1. The van der Waals surface area contributed by atoms with Crippen LogP contribution in [-0.2, 0) is 0 Å². The van der Waals surface area contributed by atoms with Gasteiger partial charge in [-0.2, -0.15) is 12.6 Å². The van der Waals surface area contributed by atoms with Crippen molar-refractivity contribution in [1.82, 2.24) is 15.2 Å². The van der Waals surface area contributed by atoms with Crippen LogP contribution in [0, 0.1) is 0 Å². The molecule has 0 fully saturated rings. The van der Waals surface area contributed by atoms with Crippen LogP contribution < -0.4 is 9.47 Å². The summed E-state index contributed by atoms with van der Waals surface area (Å²) < 4.78 is 16.2. The first-order valence-corrected chi connectivity index (χ1v) is 7.38. The Balaban J connectivity index is 1.93. The number of pyridine rings is 1. The van der Waals surface area contributed by atoms with E-state index in [9.17, 15) is 0 Å². The van der Waals surface area contributed by atoms with Gasteiger partial charge in [0.1, 0.15) is 16.7 Å². The highest BCUT2D eigenvalue weighted by Crippen LogP contribution is 2.32. The van der Waals surface area contributed by atoms with E-state index in [4.69, 9.17) is 13.9 Å². The van der Waals surface area contributed by atoms with Crippen molar-refractivity contribution in [2.45, 2.75) is 5.25 Å². The number of rotatable bonds is 5. The van der Waals surface area contributed by atoms with Crippen LogP contribution in [0.1, 0.15) is 16.8 Å². The molecule has 0 saturated carbocycles. The van der Waals surface area contributed by atoms with E-state index in [2.05, 4.69) is 27.8 Å². The van der Waals surface area contributed by atoms with Gasteiger partial charge in [0.15, 0.2) is 0 Å². The van der Waals surface area contributed by atoms with Crippen LogP contribution in [-0.4, -0.2) is 29.4 Å². The zero-order valence-corrected chi connectivity index (χ0v) is 13.5. The molecule has 0 radical (unpaired) electrons. The molecule has 0 bridgehead atoms. The summed E-state index contributed by atoms with van der Waals surface area (Å²) in [7, 11) is 3.17. The van der Waals surface area contributed by atoms with Gasteiger partial charge in [-0.1, -0.05) is 6.07 Å². The first-order chi connectivity index (χ1) is 11.2. The van der Waals surface area contributed by atoms with Crippen molar-refractivity contribution in [3.05, 3.63) is 54.2 Å². The zero-order chi connectivity index (χ0) is 16.2. The number of nitrogens with zero attached hydrogens (tertiary/aromatic N) is 3. The first kappa shape index (κ1) is 15.4. The summed E-state index contributed by atoms with van der Waals surface area (Å²) in [6.07, 6.45) is 1.70. The maximum Gasteiger partial charge on any atom is 0.248 e. The lowest BCUT2D eigenvalue weighted by Gasteiger charge is -2.06. The number of aromatic nitrogens is 3. The Hall–Kier alpha value is -2.54. The van der Waals surface area contributed by atoms with Crippen LogP contribution in [0.5, 0.6) is 11.5 Å². The fourth-order valence-corrected chi connectivity index (χ4v) is 2.31. The Bertz CT molecular complexity index is 770. The van der Waals surface area contributed by atoms with Crippen LogP contribution in [0.15, 0.2) is 47.0 Å². The molecule has 23 heavy (non-hydrogen) atoms. The van der Waals surface area contributed by atoms with E-state index in [0.717, 1.165) is 5.69 Å². The summed E-state index contributed by atoms with van der Waals surface area (Å²) >= 11 is 4.50. The van der Waals surface area contributed by atoms with E-state index in [0.29, 0.717) is 28.8 Å². The highest BCUT2D eigenvalue weighted by Gasteiger charge is 2.19. The molecule has 0 amide bonds. The maximum absolute atomic E-state index is 5.74. The van der Waals surface area contributed by atoms with Crippen molar-refractivity contribution >= 4 is 12.6 Å². The molecule has 0 spiro atoms. The lowest BCUT2D eigenvalue weighted by atomic mass is 10.2. The van der Waals surface area contributed by atoms with Crippen molar-refractivity contribution in [3.63, 3.8) is 0 Å². The van der Waals surface area contributed by atoms with Gasteiger partial charge in [-0.15, -0.1) is 10.2 Å². The quantitative estimate of drug-likeness (QED) is 0.725. The molecule has 3 rings (SSSR count). The second-order valence-electron chi connectivity index (χ2n) is 4.70. The van der Waals surface area contributed by atoms with Gasteiger partial charge in [-0.3, -0.25) is 4.98 Å². The summed E-state index contributed by atoms with van der Waals surface area (Å²) in [4.78, 5) is 4.25. The summed E-state index contributed by atoms with van der Waals surface area (Å²) in [5.74, 6) is 2.04. The second-order valence-corrected chi connectivity index (χ2v) is 5.22. The van der Waals surface area contributed by atoms with E-state index in [1.165, 1.54) is 0 Å². The Morgan fingerprint density at radius 2 is 1.78 bits per heavy atom. The molecule has 1 unspecified atom stereocenters. The second kappa shape index (κ2) is 6.70. The zero-order valence-electron chi connectivity index (χ0n) is 12.6. The van der Waals surface area contributed by atoms with Gasteiger partial charge >= 0.3 is 0 Å². The van der Waals surface area contributed by atoms with Crippen LogP contribution in [0.2, 0.25) is 0 Å². The van der Waals surface area contributed by atoms with Gasteiger partial charge in [-0.05, 0) is 24.3 Å². The minimum Gasteiger partial charge on any atom is -0.497 e. The van der Waals surface area contributed by atoms with Crippen molar-refractivity contribution in [2.75, 3.05) is 14.2 Å². The van der Waals surface area contributed by atoms with Gasteiger partial charge in [-0.25, -0.2) is 0 Å². The highest BCUT2D eigenvalue weighted by atomic mass is 32.1. The van der Waals surface area contributed by atoms with Crippen molar-refractivity contribution < 1.29 is 13.9 Å². The summed E-state index contributed by atoms with van der Waals surface area (Å²) in [5.41, 5.74) is 1.45. The largest absolute Gasteiger partial charge is 0.497 e. The van der Waals surface area contributed by atoms with Crippen LogP contribution in [0.25, 0.3) is 11.5 Å². The Morgan fingerprint density at radius 3 is 2.39 bits per heavy atom. The van der Waals surface area contributed by atoms with E-state index in [1.54, 1.807) is 38.6 Å². The number of thiol groups is 1. The lowest BCUT2D eigenvalue weighted by molar-refractivity contribution is 0.394. The third-order valence-corrected chi connectivity index (χ3v) is 3.73. The van der Waals surface area contributed by atoms with Gasteiger partial charge in [0.2, 0.25) is 11.8 Å². The molecule has 0 saturated heterocycles. The SMILES string of the molecule is COc1cc(OC)cc(-c2nnc(C(S)c3ccccn3)o2)c1. The van der Waals surface area contributed by atoms with Crippen molar-refractivity contribution in [3.8, 4) is 23.0 Å². The van der Waals surface area contributed by atoms with E-state index >= 15 is 0 Å².